The molecule has 4 atom stereocenters. The van der Waals surface area contributed by atoms with E-state index >= 15 is 0 Å². The molecule has 0 aliphatic carbocycles. The standard InChI is InChI=1S/C30H52N4O4/c1-8-9-13-30(6,7)29(37)32-19-27(35)25(31)17-24(20(2)3)28(36)22-11-12-23-18-33-34(26(23)16-22)14-10-15-38-21(4)5/h11-12,16,18,20-21,24-25,27-28,35-36H,8-10,13-15,17,19,31H2,1-7H3,(H,32,37)/t24-,25-,27?,28?/m0/s1. The van der Waals surface area contributed by atoms with E-state index in [2.05, 4.69) is 31.2 Å². The van der Waals surface area contributed by atoms with Crippen molar-refractivity contribution in [1.29, 1.82) is 0 Å². The zero-order valence-corrected chi connectivity index (χ0v) is 24.6. The number of ether oxygens (including phenoxy) is 1. The highest BCUT2D eigenvalue weighted by Crippen LogP contribution is 2.33. The van der Waals surface area contributed by atoms with Crippen LogP contribution >= 0.6 is 0 Å². The van der Waals surface area contributed by atoms with Crippen LogP contribution in [0, 0.1) is 17.3 Å². The number of nitrogens with zero attached hydrogens (tertiary/aromatic N) is 2. The van der Waals surface area contributed by atoms with Crippen LogP contribution in [-0.4, -0.2) is 57.3 Å². The summed E-state index contributed by atoms with van der Waals surface area (Å²) in [4.78, 5) is 12.6. The fraction of sp³-hybridized carbons (Fsp3) is 0.733. The molecule has 0 aliphatic heterocycles. The summed E-state index contributed by atoms with van der Waals surface area (Å²) in [5.41, 5.74) is 7.70. The molecule has 8 nitrogen and oxygen atoms in total. The molecular formula is C30H52N4O4. The van der Waals surface area contributed by atoms with Gasteiger partial charge in [0.05, 0.1) is 30.0 Å². The van der Waals surface area contributed by atoms with Crippen molar-refractivity contribution in [2.24, 2.45) is 23.0 Å². The van der Waals surface area contributed by atoms with Gasteiger partial charge < -0.3 is 26.0 Å². The molecule has 38 heavy (non-hydrogen) atoms. The number of aliphatic hydroxyl groups is 2. The summed E-state index contributed by atoms with van der Waals surface area (Å²) >= 11 is 0. The lowest BCUT2D eigenvalue weighted by Gasteiger charge is -2.31. The molecule has 2 rings (SSSR count). The molecule has 1 aromatic carbocycles. The third-order valence-electron chi connectivity index (χ3n) is 7.52. The maximum Gasteiger partial charge on any atom is 0.225 e. The zero-order valence-electron chi connectivity index (χ0n) is 24.6. The van der Waals surface area contributed by atoms with Crippen LogP contribution in [0.1, 0.15) is 92.2 Å². The first kappa shape index (κ1) is 32.2. The lowest BCUT2D eigenvalue weighted by atomic mass is 9.81. The second-order valence-electron chi connectivity index (χ2n) is 12.0. The molecule has 216 valence electrons. The van der Waals surface area contributed by atoms with Gasteiger partial charge in [-0.15, -0.1) is 0 Å². The molecule has 5 N–H and O–H groups in total. The van der Waals surface area contributed by atoms with Crippen LogP contribution in [0.3, 0.4) is 0 Å². The molecular weight excluding hydrogens is 480 g/mol. The highest BCUT2D eigenvalue weighted by atomic mass is 16.5. The third-order valence-corrected chi connectivity index (χ3v) is 7.52. The van der Waals surface area contributed by atoms with Gasteiger partial charge in [0.2, 0.25) is 5.91 Å². The number of rotatable bonds is 17. The number of unbranched alkanes of at least 4 members (excludes halogenated alkanes) is 1. The van der Waals surface area contributed by atoms with Crippen molar-refractivity contribution in [2.45, 2.75) is 111 Å². The molecule has 0 saturated heterocycles. The van der Waals surface area contributed by atoms with Crippen molar-refractivity contribution in [3.63, 3.8) is 0 Å². The number of amides is 1. The zero-order chi connectivity index (χ0) is 28.5. The molecule has 0 spiro atoms. The van der Waals surface area contributed by atoms with Gasteiger partial charge in [-0.05, 0) is 56.6 Å². The number of carbonyl (C=O) groups excluding carboxylic acids is 1. The Balaban J connectivity index is 2.04. The van der Waals surface area contributed by atoms with E-state index in [1.54, 1.807) is 0 Å². The molecule has 1 amide bonds. The van der Waals surface area contributed by atoms with Gasteiger partial charge in [0, 0.05) is 36.5 Å². The van der Waals surface area contributed by atoms with E-state index in [0.717, 1.165) is 48.7 Å². The SMILES string of the molecule is CCCCC(C)(C)C(=O)NCC(O)[C@@H](N)C[C@@H](C(C)C)C(O)c1ccc2cnn(CCCOC(C)C)c2c1. The highest BCUT2D eigenvalue weighted by molar-refractivity contribution is 5.81. The topological polar surface area (TPSA) is 123 Å². The average Bonchev–Trinajstić information content (AvgIpc) is 3.28. The van der Waals surface area contributed by atoms with Crippen molar-refractivity contribution in [3.05, 3.63) is 30.0 Å². The Kier molecular flexibility index (Phi) is 12.7. The second-order valence-corrected chi connectivity index (χ2v) is 12.0. The summed E-state index contributed by atoms with van der Waals surface area (Å²) in [5, 5.41) is 30.6. The van der Waals surface area contributed by atoms with Crippen LogP contribution < -0.4 is 11.1 Å². The van der Waals surface area contributed by atoms with E-state index in [0.29, 0.717) is 13.0 Å². The first-order valence-electron chi connectivity index (χ1n) is 14.3. The molecule has 8 heteroatoms. The number of hydrogen-bond acceptors (Lipinski definition) is 6. The van der Waals surface area contributed by atoms with Gasteiger partial charge in [0.1, 0.15) is 0 Å². The summed E-state index contributed by atoms with van der Waals surface area (Å²) in [5.74, 6) is -0.0949. The summed E-state index contributed by atoms with van der Waals surface area (Å²) in [7, 11) is 0. The Morgan fingerprint density at radius 2 is 1.89 bits per heavy atom. The first-order chi connectivity index (χ1) is 17.9. The minimum atomic E-state index is -0.897. The molecule has 0 fully saturated rings. The lowest BCUT2D eigenvalue weighted by Crippen LogP contribution is -2.47. The second kappa shape index (κ2) is 15.0. The predicted molar refractivity (Wildman–Crippen MR) is 154 cm³/mol. The van der Waals surface area contributed by atoms with Gasteiger partial charge in [0.25, 0.3) is 0 Å². The monoisotopic (exact) mass is 532 g/mol. The average molecular weight is 533 g/mol. The number of aromatic nitrogens is 2. The van der Waals surface area contributed by atoms with Crippen molar-refractivity contribution in [1.82, 2.24) is 15.1 Å². The van der Waals surface area contributed by atoms with Crippen LogP contribution in [0.15, 0.2) is 24.4 Å². The number of fused-ring (bicyclic) bond motifs is 1. The summed E-state index contributed by atoms with van der Waals surface area (Å²) in [6.07, 6.45) is 4.51. The fourth-order valence-corrected chi connectivity index (χ4v) is 4.79. The van der Waals surface area contributed by atoms with Crippen LogP contribution in [0.5, 0.6) is 0 Å². The molecule has 0 bridgehead atoms. The van der Waals surface area contributed by atoms with E-state index in [-0.39, 0.29) is 30.4 Å². The summed E-state index contributed by atoms with van der Waals surface area (Å²) < 4.78 is 7.61. The number of aliphatic hydroxyl groups excluding tert-OH is 2. The minimum Gasteiger partial charge on any atom is -0.390 e. The smallest absolute Gasteiger partial charge is 0.225 e. The van der Waals surface area contributed by atoms with Gasteiger partial charge >= 0.3 is 0 Å². The van der Waals surface area contributed by atoms with Crippen molar-refractivity contribution >= 4 is 16.8 Å². The van der Waals surface area contributed by atoms with E-state index in [1.165, 1.54) is 0 Å². The largest absolute Gasteiger partial charge is 0.390 e. The van der Waals surface area contributed by atoms with Gasteiger partial charge in [-0.25, -0.2) is 0 Å². The van der Waals surface area contributed by atoms with Crippen LogP contribution in [0.25, 0.3) is 10.9 Å². The van der Waals surface area contributed by atoms with E-state index in [4.69, 9.17) is 10.5 Å². The molecule has 0 radical (unpaired) electrons. The van der Waals surface area contributed by atoms with Crippen LogP contribution in [0.4, 0.5) is 0 Å². The van der Waals surface area contributed by atoms with E-state index in [9.17, 15) is 15.0 Å². The van der Waals surface area contributed by atoms with E-state index in [1.807, 2.05) is 56.8 Å². The Hall–Kier alpha value is -2.00. The normalized spacial score (nSPS) is 15.7. The Morgan fingerprint density at radius 3 is 2.53 bits per heavy atom. The number of nitrogens with two attached hydrogens (primary N) is 1. The van der Waals surface area contributed by atoms with Gasteiger partial charge in [-0.3, -0.25) is 9.48 Å². The number of benzene rings is 1. The summed E-state index contributed by atoms with van der Waals surface area (Å²) in [6, 6.07) is 5.36. The first-order valence-corrected chi connectivity index (χ1v) is 14.3. The molecule has 2 unspecified atom stereocenters. The summed E-state index contributed by atoms with van der Waals surface area (Å²) in [6.45, 7) is 15.6. The quantitative estimate of drug-likeness (QED) is 0.221. The lowest BCUT2D eigenvalue weighted by molar-refractivity contribution is -0.130. The minimum absolute atomic E-state index is 0.0710. The van der Waals surface area contributed by atoms with Crippen LogP contribution in [0.2, 0.25) is 0 Å². The number of carbonyl (C=O) groups is 1. The van der Waals surface area contributed by atoms with Crippen molar-refractivity contribution in [3.8, 4) is 0 Å². The fourth-order valence-electron chi connectivity index (χ4n) is 4.79. The van der Waals surface area contributed by atoms with E-state index < -0.39 is 23.7 Å². The molecule has 0 aliphatic rings. The van der Waals surface area contributed by atoms with Gasteiger partial charge in [0.15, 0.2) is 0 Å². The number of hydrogen-bond donors (Lipinski definition) is 4. The molecule has 2 aromatic rings. The Labute approximate surface area is 229 Å². The highest BCUT2D eigenvalue weighted by Gasteiger charge is 2.31. The molecule has 1 heterocycles. The van der Waals surface area contributed by atoms with Crippen molar-refractivity contribution < 1.29 is 19.7 Å². The predicted octanol–water partition coefficient (Wildman–Crippen LogP) is 4.57. The Bertz CT molecular complexity index is 988. The molecule has 1 aromatic heterocycles. The maximum absolute atomic E-state index is 12.6. The van der Waals surface area contributed by atoms with Gasteiger partial charge in [-0.2, -0.15) is 5.10 Å². The van der Waals surface area contributed by atoms with Crippen molar-refractivity contribution in [2.75, 3.05) is 13.2 Å². The van der Waals surface area contributed by atoms with Gasteiger partial charge in [-0.1, -0.05) is 59.6 Å². The number of aryl methyl sites for hydroxylation is 1. The Morgan fingerprint density at radius 1 is 1.18 bits per heavy atom. The van der Waals surface area contributed by atoms with Crippen LogP contribution in [-0.2, 0) is 16.1 Å². The number of nitrogens with one attached hydrogen (secondary N) is 1. The molecule has 0 saturated carbocycles. The maximum atomic E-state index is 12.6. The third kappa shape index (κ3) is 9.33.